The van der Waals surface area contributed by atoms with Crippen LogP contribution in [0.15, 0.2) is 24.4 Å². The molecule has 2 N–H and O–H groups in total. The van der Waals surface area contributed by atoms with Gasteiger partial charge in [0.05, 0.1) is 0 Å². The van der Waals surface area contributed by atoms with Crippen molar-refractivity contribution in [3.63, 3.8) is 0 Å². The van der Waals surface area contributed by atoms with Crippen LogP contribution in [0.25, 0.3) is 10.9 Å². The zero-order chi connectivity index (χ0) is 9.42. The first-order chi connectivity index (χ1) is 6.18. The van der Waals surface area contributed by atoms with Crippen molar-refractivity contribution in [1.29, 1.82) is 0 Å². The van der Waals surface area contributed by atoms with E-state index in [4.69, 9.17) is 5.73 Å². The minimum atomic E-state index is -0.317. The molecule has 2 nitrogen and oxygen atoms in total. The summed E-state index contributed by atoms with van der Waals surface area (Å²) in [7, 11) is 0. The maximum Gasteiger partial charge on any atom is 0.149 e. The van der Waals surface area contributed by atoms with Crippen LogP contribution in [0.5, 0.6) is 0 Å². The quantitative estimate of drug-likeness (QED) is 0.668. The molecule has 66 valence electrons. The van der Waals surface area contributed by atoms with Gasteiger partial charge in [0.1, 0.15) is 11.3 Å². The molecule has 0 bridgehead atoms. The highest BCUT2D eigenvalue weighted by Crippen LogP contribution is 2.22. The minimum absolute atomic E-state index is 0.317. The number of aryl methyl sites for hydroxylation is 1. The summed E-state index contributed by atoms with van der Waals surface area (Å²) in [6.07, 6.45) is 1.51. The Morgan fingerprint density at radius 1 is 1.38 bits per heavy atom. The van der Waals surface area contributed by atoms with Crippen molar-refractivity contribution in [1.82, 2.24) is 4.98 Å². The first kappa shape index (κ1) is 7.98. The Morgan fingerprint density at radius 2 is 2.15 bits per heavy atom. The van der Waals surface area contributed by atoms with Gasteiger partial charge in [-0.15, -0.1) is 0 Å². The van der Waals surface area contributed by atoms with Gasteiger partial charge in [0.2, 0.25) is 0 Å². The Bertz CT molecular complexity index is 466. The standard InChI is InChI=1S/C10H9FN2/c1-6-4-7-9(12)2-3-13-10(7)8(11)5-6/h2-5H,1H3,(H2,12,13). The molecule has 1 aromatic carbocycles. The van der Waals surface area contributed by atoms with E-state index >= 15 is 0 Å². The van der Waals surface area contributed by atoms with E-state index in [0.29, 0.717) is 16.6 Å². The molecule has 0 aliphatic carbocycles. The molecule has 0 unspecified atom stereocenters. The molecule has 2 aromatic rings. The summed E-state index contributed by atoms with van der Waals surface area (Å²) < 4.78 is 13.3. The second-order valence-electron chi connectivity index (χ2n) is 3.04. The molecular weight excluding hydrogens is 167 g/mol. The lowest BCUT2D eigenvalue weighted by Gasteiger charge is -2.02. The fraction of sp³-hybridized carbons (Fsp3) is 0.100. The van der Waals surface area contributed by atoms with Gasteiger partial charge in [0.25, 0.3) is 0 Å². The second kappa shape index (κ2) is 2.69. The van der Waals surface area contributed by atoms with Crippen molar-refractivity contribution in [2.24, 2.45) is 0 Å². The number of benzene rings is 1. The van der Waals surface area contributed by atoms with Gasteiger partial charge in [-0.05, 0) is 30.7 Å². The molecule has 1 aromatic heterocycles. The molecular formula is C10H9FN2. The third-order valence-electron chi connectivity index (χ3n) is 1.98. The molecule has 0 spiro atoms. The third kappa shape index (κ3) is 1.22. The highest BCUT2D eigenvalue weighted by Gasteiger charge is 2.04. The van der Waals surface area contributed by atoms with Crippen LogP contribution in [0.3, 0.4) is 0 Å². The van der Waals surface area contributed by atoms with Gasteiger partial charge in [-0.1, -0.05) is 0 Å². The molecule has 2 rings (SSSR count). The van der Waals surface area contributed by atoms with Crippen LogP contribution >= 0.6 is 0 Å². The predicted molar refractivity (Wildman–Crippen MR) is 50.9 cm³/mol. The molecule has 0 saturated carbocycles. The minimum Gasteiger partial charge on any atom is -0.398 e. The van der Waals surface area contributed by atoms with Gasteiger partial charge in [-0.3, -0.25) is 4.98 Å². The molecule has 0 saturated heterocycles. The van der Waals surface area contributed by atoms with E-state index in [0.717, 1.165) is 5.56 Å². The number of nitrogens with two attached hydrogens (primary N) is 1. The number of aromatic nitrogens is 1. The number of pyridine rings is 1. The molecule has 0 amide bonds. The Morgan fingerprint density at radius 3 is 2.92 bits per heavy atom. The summed E-state index contributed by atoms with van der Waals surface area (Å²) in [4.78, 5) is 3.93. The van der Waals surface area contributed by atoms with Crippen LogP contribution < -0.4 is 5.73 Å². The Labute approximate surface area is 75.2 Å². The van der Waals surface area contributed by atoms with Crippen LogP contribution in [-0.2, 0) is 0 Å². The van der Waals surface area contributed by atoms with Gasteiger partial charge in [-0.2, -0.15) is 0 Å². The predicted octanol–water partition coefficient (Wildman–Crippen LogP) is 2.26. The Balaban J connectivity index is 2.94. The maximum atomic E-state index is 13.3. The van der Waals surface area contributed by atoms with Crippen LogP contribution in [0, 0.1) is 12.7 Å². The van der Waals surface area contributed by atoms with E-state index in [1.165, 1.54) is 12.3 Å². The summed E-state index contributed by atoms with van der Waals surface area (Å²) in [6, 6.07) is 4.96. The summed E-state index contributed by atoms with van der Waals surface area (Å²) in [5.74, 6) is -0.317. The van der Waals surface area contributed by atoms with Gasteiger partial charge >= 0.3 is 0 Å². The van der Waals surface area contributed by atoms with Crippen molar-refractivity contribution in [3.05, 3.63) is 35.8 Å². The summed E-state index contributed by atoms with van der Waals surface area (Å²) >= 11 is 0. The fourth-order valence-corrected chi connectivity index (χ4v) is 1.37. The van der Waals surface area contributed by atoms with Crippen molar-refractivity contribution in [2.75, 3.05) is 5.73 Å². The first-order valence-electron chi connectivity index (χ1n) is 3.99. The van der Waals surface area contributed by atoms with Crippen LogP contribution in [-0.4, -0.2) is 4.98 Å². The highest BCUT2D eigenvalue weighted by molar-refractivity contribution is 5.90. The summed E-state index contributed by atoms with van der Waals surface area (Å²) in [5.41, 5.74) is 7.44. The lowest BCUT2D eigenvalue weighted by molar-refractivity contribution is 0.636. The van der Waals surface area contributed by atoms with Crippen molar-refractivity contribution in [2.45, 2.75) is 6.92 Å². The number of anilines is 1. The molecule has 0 fully saturated rings. The average Bonchev–Trinajstić information content (AvgIpc) is 2.07. The number of fused-ring (bicyclic) bond motifs is 1. The van der Waals surface area contributed by atoms with E-state index in [1.807, 2.05) is 13.0 Å². The monoisotopic (exact) mass is 176 g/mol. The van der Waals surface area contributed by atoms with Crippen LogP contribution in [0.1, 0.15) is 5.56 Å². The second-order valence-corrected chi connectivity index (χ2v) is 3.04. The molecule has 1 heterocycles. The van der Waals surface area contributed by atoms with Crippen molar-refractivity contribution < 1.29 is 4.39 Å². The zero-order valence-corrected chi connectivity index (χ0v) is 7.21. The van der Waals surface area contributed by atoms with Gasteiger partial charge < -0.3 is 5.73 Å². The SMILES string of the molecule is Cc1cc(F)c2nccc(N)c2c1. The van der Waals surface area contributed by atoms with E-state index in [9.17, 15) is 4.39 Å². The number of halogens is 1. The van der Waals surface area contributed by atoms with Crippen molar-refractivity contribution in [3.8, 4) is 0 Å². The Kier molecular flexibility index (Phi) is 1.65. The average molecular weight is 176 g/mol. The molecule has 0 aliphatic heterocycles. The molecule has 0 atom stereocenters. The smallest absolute Gasteiger partial charge is 0.149 e. The molecule has 0 radical (unpaired) electrons. The van der Waals surface area contributed by atoms with E-state index in [2.05, 4.69) is 4.98 Å². The number of hydrogen-bond acceptors (Lipinski definition) is 2. The zero-order valence-electron chi connectivity index (χ0n) is 7.21. The van der Waals surface area contributed by atoms with Crippen molar-refractivity contribution >= 4 is 16.6 Å². The number of nitrogens with zero attached hydrogens (tertiary/aromatic N) is 1. The van der Waals surface area contributed by atoms with E-state index in [1.54, 1.807) is 6.07 Å². The third-order valence-corrected chi connectivity index (χ3v) is 1.98. The largest absolute Gasteiger partial charge is 0.398 e. The number of rotatable bonds is 0. The fourth-order valence-electron chi connectivity index (χ4n) is 1.37. The summed E-state index contributed by atoms with van der Waals surface area (Å²) in [6.45, 7) is 1.83. The normalized spacial score (nSPS) is 10.6. The topological polar surface area (TPSA) is 38.9 Å². The number of nitrogen functional groups attached to an aromatic ring is 1. The van der Waals surface area contributed by atoms with Gasteiger partial charge in [-0.25, -0.2) is 4.39 Å². The summed E-state index contributed by atoms with van der Waals surface area (Å²) in [5, 5.41) is 0.681. The molecule has 3 heteroatoms. The first-order valence-corrected chi connectivity index (χ1v) is 3.99. The van der Waals surface area contributed by atoms with Crippen LogP contribution in [0.4, 0.5) is 10.1 Å². The highest BCUT2D eigenvalue weighted by atomic mass is 19.1. The molecule has 13 heavy (non-hydrogen) atoms. The van der Waals surface area contributed by atoms with E-state index in [-0.39, 0.29) is 5.82 Å². The van der Waals surface area contributed by atoms with Gasteiger partial charge in [0.15, 0.2) is 0 Å². The lowest BCUT2D eigenvalue weighted by atomic mass is 10.1. The lowest BCUT2D eigenvalue weighted by Crippen LogP contribution is -1.92. The maximum absolute atomic E-state index is 13.3. The Hall–Kier alpha value is -1.64. The van der Waals surface area contributed by atoms with E-state index < -0.39 is 0 Å². The molecule has 0 aliphatic rings. The number of hydrogen-bond donors (Lipinski definition) is 1. The van der Waals surface area contributed by atoms with Crippen LogP contribution in [0.2, 0.25) is 0 Å². The van der Waals surface area contributed by atoms with Gasteiger partial charge in [0, 0.05) is 17.3 Å².